The zero-order valence-corrected chi connectivity index (χ0v) is 14.9. The fraction of sp³-hybridized carbons (Fsp3) is 0.765. The topological polar surface area (TPSA) is 93.1 Å². The van der Waals surface area contributed by atoms with Gasteiger partial charge >= 0.3 is 0 Å². The number of piperidine rings is 1. The maximum atomic E-state index is 5.35. The van der Waals surface area contributed by atoms with Gasteiger partial charge in [0.25, 0.3) is 0 Å². The average Bonchev–Trinajstić information content (AvgIpc) is 3.16. The van der Waals surface area contributed by atoms with Gasteiger partial charge in [0.2, 0.25) is 11.8 Å². The normalized spacial score (nSPS) is 22.0. The first-order valence-electron chi connectivity index (χ1n) is 9.28. The number of hydrogen-bond donors (Lipinski definition) is 1. The highest BCUT2D eigenvalue weighted by atomic mass is 16.5. The lowest BCUT2D eigenvalue weighted by molar-refractivity contribution is 0.174. The Bertz CT molecular complexity index is 693. The third-order valence-corrected chi connectivity index (χ3v) is 4.82. The molecular formula is C17H26N6O2. The monoisotopic (exact) mass is 346 g/mol. The molecule has 1 unspecified atom stereocenters. The molecule has 1 atom stereocenters. The highest BCUT2D eigenvalue weighted by Crippen LogP contribution is 2.38. The molecule has 1 aliphatic heterocycles. The van der Waals surface area contributed by atoms with E-state index in [1.54, 1.807) is 0 Å². The van der Waals surface area contributed by atoms with E-state index in [1.165, 1.54) is 12.8 Å². The van der Waals surface area contributed by atoms with Crippen LogP contribution in [0.3, 0.4) is 0 Å². The van der Waals surface area contributed by atoms with Crippen LogP contribution in [0, 0.1) is 0 Å². The Balaban J connectivity index is 1.26. The largest absolute Gasteiger partial charge is 0.339 e. The summed E-state index contributed by atoms with van der Waals surface area (Å²) in [7, 11) is 0. The SMILES string of the molecule is CC(C)c1noc(CNC2CCCN(Cc3noc(C4CC4)n3)C2)n1. The van der Waals surface area contributed by atoms with Gasteiger partial charge in [-0.25, -0.2) is 0 Å². The Morgan fingerprint density at radius 1 is 1.16 bits per heavy atom. The van der Waals surface area contributed by atoms with Crippen molar-refractivity contribution < 1.29 is 9.05 Å². The highest BCUT2D eigenvalue weighted by molar-refractivity contribution is 5.02. The predicted molar refractivity (Wildman–Crippen MR) is 89.8 cm³/mol. The molecule has 8 nitrogen and oxygen atoms in total. The van der Waals surface area contributed by atoms with Crippen molar-refractivity contribution in [1.29, 1.82) is 0 Å². The first-order valence-corrected chi connectivity index (χ1v) is 9.28. The number of nitrogens with one attached hydrogen (secondary N) is 1. The molecule has 1 aliphatic carbocycles. The van der Waals surface area contributed by atoms with Crippen LogP contribution in [0.25, 0.3) is 0 Å². The number of rotatable bonds is 7. The molecule has 1 saturated heterocycles. The van der Waals surface area contributed by atoms with Crippen LogP contribution in [0.15, 0.2) is 9.05 Å². The lowest BCUT2D eigenvalue weighted by Crippen LogP contribution is -2.45. The molecule has 0 spiro atoms. The highest BCUT2D eigenvalue weighted by Gasteiger charge is 2.30. The van der Waals surface area contributed by atoms with E-state index in [-0.39, 0.29) is 5.92 Å². The minimum atomic E-state index is 0.290. The number of aromatic nitrogens is 4. The van der Waals surface area contributed by atoms with Gasteiger partial charge in [0.1, 0.15) is 0 Å². The average molecular weight is 346 g/mol. The van der Waals surface area contributed by atoms with Gasteiger partial charge in [0.05, 0.1) is 13.1 Å². The minimum Gasteiger partial charge on any atom is -0.339 e. The summed E-state index contributed by atoms with van der Waals surface area (Å²) in [6, 6.07) is 0.415. The van der Waals surface area contributed by atoms with Crippen LogP contribution in [-0.4, -0.2) is 44.3 Å². The molecule has 2 aliphatic rings. The van der Waals surface area contributed by atoms with Gasteiger partial charge < -0.3 is 14.4 Å². The standard InChI is InChI=1S/C17H26N6O2/c1-11(2)16-20-15(24-22-16)8-18-13-4-3-7-23(9-13)10-14-19-17(25-21-14)12-5-6-12/h11-13,18H,3-10H2,1-2H3. The number of likely N-dealkylation sites (tertiary alicyclic amines) is 1. The summed E-state index contributed by atoms with van der Waals surface area (Å²) in [5.74, 6) is 3.86. The number of nitrogens with zero attached hydrogens (tertiary/aromatic N) is 5. The molecule has 2 fully saturated rings. The fourth-order valence-corrected chi connectivity index (χ4v) is 3.20. The van der Waals surface area contributed by atoms with Gasteiger partial charge in [-0.1, -0.05) is 24.2 Å². The molecule has 3 heterocycles. The molecule has 0 aromatic carbocycles. The lowest BCUT2D eigenvalue weighted by Gasteiger charge is -2.32. The second-order valence-electron chi connectivity index (χ2n) is 7.48. The van der Waals surface area contributed by atoms with E-state index in [9.17, 15) is 0 Å². The predicted octanol–water partition coefficient (Wildman–Crippen LogP) is 2.21. The molecule has 4 rings (SSSR count). The molecule has 1 saturated carbocycles. The first kappa shape index (κ1) is 16.7. The van der Waals surface area contributed by atoms with E-state index in [4.69, 9.17) is 9.05 Å². The van der Waals surface area contributed by atoms with Crippen molar-refractivity contribution in [2.75, 3.05) is 13.1 Å². The fourth-order valence-electron chi connectivity index (χ4n) is 3.20. The minimum absolute atomic E-state index is 0.290. The van der Waals surface area contributed by atoms with Crippen molar-refractivity contribution in [1.82, 2.24) is 30.5 Å². The third kappa shape index (κ3) is 4.24. The van der Waals surface area contributed by atoms with Crippen molar-refractivity contribution in [3.05, 3.63) is 23.4 Å². The van der Waals surface area contributed by atoms with Gasteiger partial charge in [-0.15, -0.1) is 0 Å². The Morgan fingerprint density at radius 3 is 2.80 bits per heavy atom. The molecule has 136 valence electrons. The van der Waals surface area contributed by atoms with Gasteiger partial charge in [-0.05, 0) is 32.2 Å². The molecule has 0 bridgehead atoms. The molecular weight excluding hydrogens is 320 g/mol. The van der Waals surface area contributed by atoms with Crippen LogP contribution in [0.4, 0.5) is 0 Å². The van der Waals surface area contributed by atoms with Crippen LogP contribution < -0.4 is 5.32 Å². The summed E-state index contributed by atoms with van der Waals surface area (Å²) in [4.78, 5) is 11.3. The summed E-state index contributed by atoms with van der Waals surface area (Å²) in [6.45, 7) is 7.54. The first-order chi connectivity index (χ1) is 12.2. The Labute approximate surface area is 147 Å². The van der Waals surface area contributed by atoms with Crippen LogP contribution in [0.1, 0.15) is 74.8 Å². The summed E-state index contributed by atoms with van der Waals surface area (Å²) < 4.78 is 10.7. The molecule has 0 radical (unpaired) electrons. The van der Waals surface area contributed by atoms with Crippen LogP contribution in [0.2, 0.25) is 0 Å². The second-order valence-corrected chi connectivity index (χ2v) is 7.48. The molecule has 25 heavy (non-hydrogen) atoms. The summed E-state index contributed by atoms with van der Waals surface area (Å²) >= 11 is 0. The Hall–Kier alpha value is -1.80. The van der Waals surface area contributed by atoms with Crippen LogP contribution in [-0.2, 0) is 13.1 Å². The van der Waals surface area contributed by atoms with E-state index in [0.29, 0.717) is 24.4 Å². The van der Waals surface area contributed by atoms with E-state index in [0.717, 1.165) is 50.0 Å². The van der Waals surface area contributed by atoms with Crippen LogP contribution >= 0.6 is 0 Å². The van der Waals surface area contributed by atoms with E-state index < -0.39 is 0 Å². The Kier molecular flexibility index (Phi) is 4.80. The molecule has 1 N–H and O–H groups in total. The van der Waals surface area contributed by atoms with Crippen molar-refractivity contribution in [3.63, 3.8) is 0 Å². The van der Waals surface area contributed by atoms with Gasteiger partial charge in [-0.3, -0.25) is 4.90 Å². The quantitative estimate of drug-likeness (QED) is 0.815. The summed E-state index contributed by atoms with van der Waals surface area (Å²) in [5, 5.41) is 11.7. The zero-order chi connectivity index (χ0) is 17.2. The van der Waals surface area contributed by atoms with Crippen molar-refractivity contribution in [2.45, 2.75) is 70.5 Å². The maximum Gasteiger partial charge on any atom is 0.240 e. The van der Waals surface area contributed by atoms with Crippen molar-refractivity contribution in [3.8, 4) is 0 Å². The van der Waals surface area contributed by atoms with Crippen molar-refractivity contribution in [2.24, 2.45) is 0 Å². The van der Waals surface area contributed by atoms with Crippen molar-refractivity contribution >= 4 is 0 Å². The molecule has 2 aromatic rings. The summed E-state index contributed by atoms with van der Waals surface area (Å²) in [6.07, 6.45) is 4.68. The van der Waals surface area contributed by atoms with Gasteiger partial charge in [-0.2, -0.15) is 9.97 Å². The van der Waals surface area contributed by atoms with Gasteiger partial charge in [0.15, 0.2) is 11.6 Å². The van der Waals surface area contributed by atoms with E-state index in [1.807, 2.05) is 0 Å². The van der Waals surface area contributed by atoms with Gasteiger partial charge in [0, 0.05) is 24.4 Å². The van der Waals surface area contributed by atoms with E-state index >= 15 is 0 Å². The van der Waals surface area contributed by atoms with Crippen LogP contribution in [0.5, 0.6) is 0 Å². The maximum absolute atomic E-state index is 5.35. The molecule has 0 amide bonds. The molecule has 2 aromatic heterocycles. The molecule has 8 heteroatoms. The number of hydrogen-bond acceptors (Lipinski definition) is 8. The van der Waals surface area contributed by atoms with E-state index in [2.05, 4.69) is 44.3 Å². The zero-order valence-electron chi connectivity index (χ0n) is 14.9. The Morgan fingerprint density at radius 2 is 2.04 bits per heavy atom. The summed E-state index contributed by atoms with van der Waals surface area (Å²) in [5.41, 5.74) is 0. The lowest BCUT2D eigenvalue weighted by atomic mass is 10.1. The smallest absolute Gasteiger partial charge is 0.240 e. The second kappa shape index (κ2) is 7.21. The third-order valence-electron chi connectivity index (χ3n) is 4.82.